The molecule has 4 aromatic rings. The van der Waals surface area contributed by atoms with Crippen LogP contribution in [0.15, 0.2) is 78.9 Å². The van der Waals surface area contributed by atoms with E-state index in [9.17, 15) is 4.39 Å². The van der Waals surface area contributed by atoms with Gasteiger partial charge >= 0.3 is 0 Å². The van der Waals surface area contributed by atoms with Crippen molar-refractivity contribution in [1.29, 1.82) is 0 Å². The van der Waals surface area contributed by atoms with Crippen molar-refractivity contribution >= 4 is 10.8 Å². The van der Waals surface area contributed by atoms with Crippen LogP contribution in [0.25, 0.3) is 10.8 Å². The lowest BCUT2D eigenvalue weighted by Gasteiger charge is -2.06. The maximum Gasteiger partial charge on any atom is 0.134 e. The van der Waals surface area contributed by atoms with Gasteiger partial charge in [-0.25, -0.2) is 4.39 Å². The summed E-state index contributed by atoms with van der Waals surface area (Å²) in [5, 5.41) is 1.55. The summed E-state index contributed by atoms with van der Waals surface area (Å²) in [6, 6.07) is 26.1. The van der Waals surface area contributed by atoms with E-state index in [1.165, 1.54) is 24.8 Å². The minimum atomic E-state index is -0.108. The summed E-state index contributed by atoms with van der Waals surface area (Å²) in [5.41, 5.74) is 5.96. The quantitative estimate of drug-likeness (QED) is 0.201. The summed E-state index contributed by atoms with van der Waals surface area (Å²) in [6.07, 6.45) is 6.61. The van der Waals surface area contributed by atoms with Gasteiger partial charge in [0.25, 0.3) is 0 Å². The topological polar surface area (TPSA) is 0 Å². The van der Waals surface area contributed by atoms with Gasteiger partial charge in [0, 0.05) is 27.6 Å². The molecule has 0 bridgehead atoms. The van der Waals surface area contributed by atoms with Crippen molar-refractivity contribution in [2.75, 3.05) is 0 Å². The zero-order chi connectivity index (χ0) is 24.5. The Bertz CT molecular complexity index is 1400. The van der Waals surface area contributed by atoms with E-state index in [1.54, 1.807) is 0 Å². The van der Waals surface area contributed by atoms with E-state index < -0.39 is 0 Å². The third-order valence-electron chi connectivity index (χ3n) is 6.16. The Morgan fingerprint density at radius 2 is 1.14 bits per heavy atom. The number of aryl methyl sites for hydroxylation is 2. The van der Waals surface area contributed by atoms with Crippen LogP contribution < -0.4 is 0 Å². The lowest BCUT2D eigenvalue weighted by molar-refractivity contribution is 0.619. The average Bonchev–Trinajstić information content (AvgIpc) is 2.89. The molecule has 0 saturated carbocycles. The highest BCUT2D eigenvalue weighted by atomic mass is 19.1. The molecule has 35 heavy (non-hydrogen) atoms. The number of hydrogen-bond donors (Lipinski definition) is 0. The minimum absolute atomic E-state index is 0.108. The molecule has 0 spiro atoms. The Morgan fingerprint density at radius 1 is 0.571 bits per heavy atom. The lowest BCUT2D eigenvalue weighted by Crippen LogP contribution is -1.91. The van der Waals surface area contributed by atoms with Gasteiger partial charge in [-0.15, -0.1) is 0 Å². The number of halogens is 1. The number of fused-ring (bicyclic) bond motifs is 1. The highest BCUT2D eigenvalue weighted by Crippen LogP contribution is 2.23. The molecule has 0 unspecified atom stereocenters. The van der Waals surface area contributed by atoms with Gasteiger partial charge in [-0.1, -0.05) is 87.1 Å². The third kappa shape index (κ3) is 6.62. The van der Waals surface area contributed by atoms with Crippen molar-refractivity contribution < 1.29 is 4.39 Å². The van der Waals surface area contributed by atoms with Crippen LogP contribution in [0, 0.1) is 29.5 Å². The van der Waals surface area contributed by atoms with Crippen LogP contribution in [0.4, 0.5) is 4.39 Å². The summed E-state index contributed by atoms with van der Waals surface area (Å²) in [5.74, 6) is 12.8. The Balaban J connectivity index is 1.42. The van der Waals surface area contributed by atoms with Gasteiger partial charge in [-0.2, -0.15) is 0 Å². The van der Waals surface area contributed by atoms with Gasteiger partial charge in [0.2, 0.25) is 0 Å². The molecule has 0 saturated heterocycles. The first kappa shape index (κ1) is 24.3. The maximum atomic E-state index is 14.7. The first-order chi connectivity index (χ1) is 17.2. The Hall–Kier alpha value is -3.81. The molecule has 0 aliphatic rings. The molecule has 4 aromatic carbocycles. The number of rotatable bonds is 6. The minimum Gasteiger partial charge on any atom is -0.206 e. The van der Waals surface area contributed by atoms with Gasteiger partial charge < -0.3 is 0 Å². The molecule has 0 amide bonds. The number of benzene rings is 4. The van der Waals surface area contributed by atoms with Crippen LogP contribution >= 0.6 is 0 Å². The number of hydrogen-bond acceptors (Lipinski definition) is 0. The molecule has 0 radical (unpaired) electrons. The molecule has 4 rings (SSSR count). The third-order valence-corrected chi connectivity index (χ3v) is 6.16. The van der Waals surface area contributed by atoms with Crippen LogP contribution in [-0.4, -0.2) is 0 Å². The maximum absolute atomic E-state index is 14.7. The fourth-order valence-corrected chi connectivity index (χ4v) is 4.14. The Kier molecular flexibility index (Phi) is 8.38. The van der Waals surface area contributed by atoms with Gasteiger partial charge in [0.1, 0.15) is 5.82 Å². The average molecular weight is 459 g/mol. The smallest absolute Gasteiger partial charge is 0.134 e. The van der Waals surface area contributed by atoms with Gasteiger partial charge in [0.15, 0.2) is 0 Å². The van der Waals surface area contributed by atoms with Crippen LogP contribution in [0.5, 0.6) is 0 Å². The van der Waals surface area contributed by atoms with Gasteiger partial charge in [0.05, 0.1) is 0 Å². The van der Waals surface area contributed by atoms with Crippen LogP contribution in [0.1, 0.15) is 72.9 Å². The first-order valence-corrected chi connectivity index (χ1v) is 12.6. The predicted molar refractivity (Wildman–Crippen MR) is 146 cm³/mol. The summed E-state index contributed by atoms with van der Waals surface area (Å²) >= 11 is 0. The molecule has 0 aromatic heterocycles. The normalized spacial score (nSPS) is 10.4. The van der Waals surface area contributed by atoms with E-state index in [0.29, 0.717) is 5.39 Å². The van der Waals surface area contributed by atoms with Crippen molar-refractivity contribution in [3.05, 3.63) is 118 Å². The second-order valence-electron chi connectivity index (χ2n) is 8.96. The zero-order valence-corrected chi connectivity index (χ0v) is 20.6. The summed E-state index contributed by atoms with van der Waals surface area (Å²) in [4.78, 5) is 0. The van der Waals surface area contributed by atoms with Crippen molar-refractivity contribution in [3.63, 3.8) is 0 Å². The van der Waals surface area contributed by atoms with Crippen molar-refractivity contribution in [3.8, 4) is 23.7 Å². The molecule has 0 heterocycles. The predicted octanol–water partition coefficient (Wildman–Crippen LogP) is 8.46. The SMILES string of the molecule is CCCCCc1ccc(C#Cc2ccc(C#Cc3ccc4c(F)c(CCC)ccc4c3)cc2)cc1. The molecular formula is C34H31F. The Labute approximate surface area is 209 Å². The van der Waals surface area contributed by atoms with E-state index in [2.05, 4.69) is 61.8 Å². The molecule has 0 fully saturated rings. The van der Waals surface area contributed by atoms with Crippen molar-refractivity contribution in [2.24, 2.45) is 0 Å². The van der Waals surface area contributed by atoms with Crippen molar-refractivity contribution in [1.82, 2.24) is 0 Å². The van der Waals surface area contributed by atoms with E-state index in [0.717, 1.165) is 52.5 Å². The first-order valence-electron chi connectivity index (χ1n) is 12.6. The number of unbranched alkanes of at least 4 members (excludes halogenated alkanes) is 2. The largest absolute Gasteiger partial charge is 0.206 e. The molecule has 0 aliphatic heterocycles. The molecule has 174 valence electrons. The van der Waals surface area contributed by atoms with Gasteiger partial charge in [-0.3, -0.25) is 0 Å². The summed E-state index contributed by atoms with van der Waals surface area (Å²) in [7, 11) is 0. The monoisotopic (exact) mass is 458 g/mol. The van der Waals surface area contributed by atoms with Crippen LogP contribution in [0.3, 0.4) is 0 Å². The van der Waals surface area contributed by atoms with E-state index in [4.69, 9.17) is 0 Å². The zero-order valence-electron chi connectivity index (χ0n) is 20.6. The van der Waals surface area contributed by atoms with E-state index in [1.807, 2.05) is 54.6 Å². The van der Waals surface area contributed by atoms with Crippen molar-refractivity contribution in [2.45, 2.75) is 52.4 Å². The standard InChI is InChI=1S/C34H31F/c1-3-5-6-8-26-9-11-27(12-10-26)13-14-28-15-17-29(18-16-28)19-20-30-21-24-33-32(25-30)23-22-31(7-4-2)34(33)35/h9-12,15-18,21-25H,3-8H2,1-2H3. The second-order valence-corrected chi connectivity index (χ2v) is 8.96. The molecule has 0 N–H and O–H groups in total. The van der Waals surface area contributed by atoms with E-state index >= 15 is 0 Å². The highest BCUT2D eigenvalue weighted by Gasteiger charge is 2.06. The van der Waals surface area contributed by atoms with Crippen LogP contribution in [0.2, 0.25) is 0 Å². The molecule has 1 heteroatoms. The fraction of sp³-hybridized carbons (Fsp3) is 0.235. The molecular weight excluding hydrogens is 427 g/mol. The highest BCUT2D eigenvalue weighted by molar-refractivity contribution is 5.85. The molecule has 0 atom stereocenters. The Morgan fingerprint density at radius 3 is 1.74 bits per heavy atom. The summed E-state index contributed by atoms with van der Waals surface area (Å²) in [6.45, 7) is 4.30. The summed E-state index contributed by atoms with van der Waals surface area (Å²) < 4.78 is 14.7. The lowest BCUT2D eigenvalue weighted by atomic mass is 10.0. The second kappa shape index (κ2) is 12.1. The van der Waals surface area contributed by atoms with E-state index in [-0.39, 0.29) is 5.82 Å². The molecule has 0 nitrogen and oxygen atoms in total. The fourth-order valence-electron chi connectivity index (χ4n) is 4.14. The molecule has 0 aliphatic carbocycles. The van der Waals surface area contributed by atoms with Gasteiger partial charge in [-0.05, 0) is 84.3 Å². The van der Waals surface area contributed by atoms with Crippen LogP contribution in [-0.2, 0) is 12.8 Å².